The maximum atomic E-state index is 12.8. The van der Waals surface area contributed by atoms with E-state index in [1.54, 1.807) is 6.20 Å². The molecule has 6 nitrogen and oxygen atoms in total. The number of nitrogens with zero attached hydrogens (tertiary/aromatic N) is 1. The third-order valence-corrected chi connectivity index (χ3v) is 6.56. The second kappa shape index (κ2) is 8.35. The highest BCUT2D eigenvalue weighted by atomic mass is 35.5. The van der Waals surface area contributed by atoms with Crippen LogP contribution in [0.15, 0.2) is 41.1 Å². The molecule has 31 heavy (non-hydrogen) atoms. The molecule has 0 atom stereocenters. The van der Waals surface area contributed by atoms with Crippen molar-refractivity contribution in [2.75, 3.05) is 5.32 Å². The summed E-state index contributed by atoms with van der Waals surface area (Å²) in [5, 5.41) is 8.47. The Morgan fingerprint density at radius 3 is 2.74 bits per heavy atom. The zero-order valence-electron chi connectivity index (χ0n) is 17.1. The van der Waals surface area contributed by atoms with E-state index in [4.69, 9.17) is 16.0 Å². The van der Waals surface area contributed by atoms with Crippen molar-refractivity contribution < 1.29 is 14.0 Å². The fraction of sp³-hybridized carbons (Fsp3) is 0.375. The minimum absolute atomic E-state index is 0.0129. The number of rotatable bonds is 4. The van der Waals surface area contributed by atoms with Gasteiger partial charge in [-0.15, -0.1) is 0 Å². The van der Waals surface area contributed by atoms with Crippen molar-refractivity contribution in [3.8, 4) is 0 Å². The lowest BCUT2D eigenvalue weighted by molar-refractivity contribution is 0.0908. The van der Waals surface area contributed by atoms with Gasteiger partial charge in [0.25, 0.3) is 5.91 Å². The zero-order chi connectivity index (χ0) is 21.4. The number of hydrogen-bond donors (Lipinski definition) is 2. The topological polar surface area (TPSA) is 84.2 Å². The molecule has 5 rings (SSSR count). The molecule has 2 aliphatic carbocycles. The summed E-state index contributed by atoms with van der Waals surface area (Å²) in [4.78, 5) is 29.4. The van der Waals surface area contributed by atoms with Gasteiger partial charge in [-0.05, 0) is 56.4 Å². The van der Waals surface area contributed by atoms with Crippen molar-refractivity contribution in [3.05, 3.63) is 58.6 Å². The van der Waals surface area contributed by atoms with Crippen molar-refractivity contribution in [3.63, 3.8) is 0 Å². The molecule has 2 aromatic heterocycles. The van der Waals surface area contributed by atoms with E-state index in [-0.39, 0.29) is 17.7 Å². The fourth-order valence-electron chi connectivity index (χ4n) is 4.70. The molecule has 2 N–H and O–H groups in total. The Bertz CT molecular complexity index is 1150. The third kappa shape index (κ3) is 4.04. The molecule has 2 heterocycles. The SMILES string of the molecule is O=C(N[C@H]1CC[C@@H](Nc2ccnc3cc(Cl)ccc23)CC1)c1coc2c1C(=O)CCC2. The van der Waals surface area contributed by atoms with Crippen molar-refractivity contribution in [1.29, 1.82) is 0 Å². The number of nitrogens with one attached hydrogen (secondary N) is 2. The van der Waals surface area contributed by atoms with Gasteiger partial charge in [-0.1, -0.05) is 11.6 Å². The molecule has 3 aromatic rings. The number of halogens is 1. The monoisotopic (exact) mass is 437 g/mol. The van der Waals surface area contributed by atoms with Gasteiger partial charge < -0.3 is 15.1 Å². The molecule has 0 bridgehead atoms. The average Bonchev–Trinajstić information content (AvgIpc) is 3.21. The van der Waals surface area contributed by atoms with E-state index < -0.39 is 0 Å². The van der Waals surface area contributed by atoms with Crippen LogP contribution in [-0.4, -0.2) is 28.8 Å². The highest BCUT2D eigenvalue weighted by molar-refractivity contribution is 6.31. The van der Waals surface area contributed by atoms with E-state index in [2.05, 4.69) is 15.6 Å². The molecule has 0 unspecified atom stereocenters. The minimum Gasteiger partial charge on any atom is -0.468 e. The lowest BCUT2D eigenvalue weighted by Gasteiger charge is -2.30. The van der Waals surface area contributed by atoms with E-state index >= 15 is 0 Å². The van der Waals surface area contributed by atoms with Crippen LogP contribution in [0.1, 0.15) is 65.0 Å². The Balaban J connectivity index is 1.20. The quantitative estimate of drug-likeness (QED) is 0.589. The molecule has 160 valence electrons. The Hall–Kier alpha value is -2.86. The highest BCUT2D eigenvalue weighted by Crippen LogP contribution is 2.29. The number of carbonyl (C=O) groups is 2. The van der Waals surface area contributed by atoms with Crippen molar-refractivity contribution >= 4 is 39.9 Å². The van der Waals surface area contributed by atoms with Crippen LogP contribution in [0.5, 0.6) is 0 Å². The summed E-state index contributed by atoms with van der Waals surface area (Å²) >= 11 is 6.09. The summed E-state index contributed by atoms with van der Waals surface area (Å²) in [6.07, 6.45) is 8.89. The second-order valence-corrected chi connectivity index (χ2v) is 8.85. The Morgan fingerprint density at radius 1 is 1.10 bits per heavy atom. The van der Waals surface area contributed by atoms with Gasteiger partial charge in [-0.3, -0.25) is 14.6 Å². The predicted octanol–water partition coefficient (Wildman–Crippen LogP) is 5.15. The van der Waals surface area contributed by atoms with Crippen LogP contribution < -0.4 is 10.6 Å². The van der Waals surface area contributed by atoms with Gasteiger partial charge in [-0.25, -0.2) is 0 Å². The summed E-state index contributed by atoms with van der Waals surface area (Å²) in [5.41, 5.74) is 2.81. The standard InChI is InChI=1S/C24H24ClN3O3/c25-14-4-9-17-19(10-11-26-20(17)12-14)27-15-5-7-16(8-6-15)28-24(30)18-13-31-22-3-1-2-21(29)23(18)22/h4,9-13,15-16H,1-3,5-8H2,(H,26,27)(H,28,30)/t15-,16+. The molecule has 0 spiro atoms. The van der Waals surface area contributed by atoms with Crippen LogP contribution in [0.3, 0.4) is 0 Å². The van der Waals surface area contributed by atoms with Gasteiger partial charge in [0.05, 0.1) is 16.6 Å². The Labute approximate surface area is 185 Å². The molecule has 1 aromatic carbocycles. The normalized spacial score (nSPS) is 21.0. The van der Waals surface area contributed by atoms with Crippen molar-refractivity contribution in [2.45, 2.75) is 57.0 Å². The van der Waals surface area contributed by atoms with E-state index in [0.29, 0.717) is 34.4 Å². The lowest BCUT2D eigenvalue weighted by Crippen LogP contribution is -2.40. The van der Waals surface area contributed by atoms with E-state index in [1.165, 1.54) is 6.26 Å². The van der Waals surface area contributed by atoms with Gasteiger partial charge in [0.2, 0.25) is 0 Å². The third-order valence-electron chi connectivity index (χ3n) is 6.33. The molecule has 0 saturated heterocycles. The van der Waals surface area contributed by atoms with Gasteiger partial charge >= 0.3 is 0 Å². The number of hydrogen-bond acceptors (Lipinski definition) is 5. The van der Waals surface area contributed by atoms with Crippen molar-refractivity contribution in [1.82, 2.24) is 10.3 Å². The maximum absolute atomic E-state index is 12.8. The molecule has 1 fully saturated rings. The summed E-state index contributed by atoms with van der Waals surface area (Å²) in [5.74, 6) is 0.466. The smallest absolute Gasteiger partial charge is 0.255 e. The number of Topliss-reactive ketones (excluding diaryl/α,β-unsaturated/α-hetero) is 1. The van der Waals surface area contributed by atoms with Gasteiger partial charge in [0.15, 0.2) is 5.78 Å². The maximum Gasteiger partial charge on any atom is 0.255 e. The molecule has 0 aliphatic heterocycles. The van der Waals surface area contributed by atoms with Crippen LogP contribution in [0, 0.1) is 0 Å². The van der Waals surface area contributed by atoms with Crippen LogP contribution in [0.4, 0.5) is 5.69 Å². The summed E-state index contributed by atoms with van der Waals surface area (Å²) in [6, 6.07) is 8.16. The first-order chi connectivity index (χ1) is 15.1. The first-order valence-corrected chi connectivity index (χ1v) is 11.2. The van der Waals surface area contributed by atoms with E-state index in [9.17, 15) is 9.59 Å². The van der Waals surface area contributed by atoms with Crippen LogP contribution in [-0.2, 0) is 6.42 Å². The predicted molar refractivity (Wildman–Crippen MR) is 120 cm³/mol. The number of benzene rings is 1. The first kappa shape index (κ1) is 20.1. The minimum atomic E-state index is -0.200. The average molecular weight is 438 g/mol. The highest BCUT2D eigenvalue weighted by Gasteiger charge is 2.30. The Morgan fingerprint density at radius 2 is 1.90 bits per heavy atom. The summed E-state index contributed by atoms with van der Waals surface area (Å²) in [7, 11) is 0. The van der Waals surface area contributed by atoms with Gasteiger partial charge in [0, 0.05) is 47.2 Å². The number of carbonyl (C=O) groups excluding carboxylic acids is 2. The molecular formula is C24H24ClN3O3. The number of anilines is 1. The molecule has 7 heteroatoms. The summed E-state index contributed by atoms with van der Waals surface area (Å²) in [6.45, 7) is 0. The number of aromatic nitrogens is 1. The van der Waals surface area contributed by atoms with E-state index in [0.717, 1.165) is 55.1 Å². The Kier molecular flexibility index (Phi) is 5.40. The van der Waals surface area contributed by atoms with Crippen molar-refractivity contribution in [2.24, 2.45) is 0 Å². The number of amides is 1. The molecule has 0 radical (unpaired) electrons. The summed E-state index contributed by atoms with van der Waals surface area (Å²) < 4.78 is 5.49. The number of aryl methyl sites for hydroxylation is 1. The zero-order valence-corrected chi connectivity index (χ0v) is 17.9. The molecule has 1 saturated carbocycles. The molecular weight excluding hydrogens is 414 g/mol. The van der Waals surface area contributed by atoms with Crippen LogP contribution in [0.2, 0.25) is 5.02 Å². The largest absolute Gasteiger partial charge is 0.468 e. The van der Waals surface area contributed by atoms with Gasteiger partial charge in [0.1, 0.15) is 12.0 Å². The first-order valence-electron chi connectivity index (χ1n) is 10.8. The van der Waals surface area contributed by atoms with Crippen LogP contribution >= 0.6 is 11.6 Å². The lowest BCUT2D eigenvalue weighted by atomic mass is 9.90. The van der Waals surface area contributed by atoms with Crippen LogP contribution in [0.25, 0.3) is 10.9 Å². The van der Waals surface area contributed by atoms with Gasteiger partial charge in [-0.2, -0.15) is 0 Å². The number of pyridine rings is 1. The van der Waals surface area contributed by atoms with E-state index in [1.807, 2.05) is 24.3 Å². The number of ketones is 1. The number of furan rings is 1. The fourth-order valence-corrected chi connectivity index (χ4v) is 4.87. The number of fused-ring (bicyclic) bond motifs is 2. The molecule has 2 aliphatic rings. The molecule has 1 amide bonds. The second-order valence-electron chi connectivity index (χ2n) is 8.41.